The molecule has 3 heterocycles. The zero-order chi connectivity index (χ0) is 39.4. The number of Topliss-reactive ketones (excluding diaryl/α,β-unsaturated/α-hetero) is 1. The molecular formula is C39H63FN4O9. The number of fused-ring (bicyclic) bond motifs is 1. The normalized spacial score (nSPS) is 39.2. The van der Waals surface area contributed by atoms with E-state index in [1.807, 2.05) is 46.8 Å². The second-order valence-electron chi connectivity index (χ2n) is 16.2. The summed E-state index contributed by atoms with van der Waals surface area (Å²) in [6.07, 6.45) is -3.58. The largest absolute Gasteiger partial charge is 0.458 e. The highest BCUT2D eigenvalue weighted by molar-refractivity contribution is 6.00. The number of methoxy groups -OCH3 is 1. The lowest BCUT2D eigenvalue weighted by atomic mass is 9.78. The molecule has 1 aromatic rings. The van der Waals surface area contributed by atoms with Gasteiger partial charge in [-0.05, 0) is 98.3 Å². The molecule has 13 nitrogen and oxygen atoms in total. The number of alkyl carbamates (subject to hydrolysis) is 1. The number of carbonyl (C=O) groups is 3. The molecule has 0 spiro atoms. The molecule has 3 saturated heterocycles. The van der Waals surface area contributed by atoms with Crippen molar-refractivity contribution >= 4 is 17.8 Å². The van der Waals surface area contributed by atoms with Gasteiger partial charge >= 0.3 is 12.1 Å². The molecule has 13 atom stereocenters. The molecule has 3 aliphatic heterocycles. The number of aliphatic hydroxyl groups is 1. The van der Waals surface area contributed by atoms with E-state index in [9.17, 15) is 23.9 Å². The number of carbonyl (C=O) groups excluding carboxylic acids is 3. The molecule has 0 radical (unpaired) electrons. The third-order valence-corrected chi connectivity index (χ3v) is 11.6. The summed E-state index contributed by atoms with van der Waals surface area (Å²) in [6, 6.07) is 5.26. The molecule has 0 aliphatic carbocycles. The van der Waals surface area contributed by atoms with Crippen molar-refractivity contribution in [1.82, 2.24) is 20.4 Å². The molecule has 3 N–H and O–H groups in total. The maximum atomic E-state index is 14.3. The van der Waals surface area contributed by atoms with E-state index in [4.69, 9.17) is 23.7 Å². The van der Waals surface area contributed by atoms with Crippen LogP contribution in [0.15, 0.2) is 24.3 Å². The average Bonchev–Trinajstić information content (AvgIpc) is 3.42. The van der Waals surface area contributed by atoms with Gasteiger partial charge in [-0.25, -0.2) is 9.18 Å². The van der Waals surface area contributed by atoms with Gasteiger partial charge in [-0.1, -0.05) is 32.9 Å². The average molecular weight is 751 g/mol. The standard InChI is InChI=1S/C39H63FN4O9/c1-12-30-39(7)33(42-37(48)53-39)25(5)41-19-22(2)18-38(6,49-11)34(23(3)31(45)24(4)35(47)51-30)52-36-32(46)29(43(8)9)17-28(50-36)21-44(10)20-26-13-15-27(40)16-14-26/h13-16,22-25,28-30,32-34,36,41,46H,12,17-21H2,1-11H3,(H,42,48)/t22-,23+,24?,25-,28?,29?,30-,32?,33-,34-,36+,38-,39-/m1/s1. The van der Waals surface area contributed by atoms with Gasteiger partial charge in [-0.3, -0.25) is 14.5 Å². The predicted molar refractivity (Wildman–Crippen MR) is 196 cm³/mol. The van der Waals surface area contributed by atoms with E-state index in [2.05, 4.69) is 22.5 Å². The van der Waals surface area contributed by atoms with Gasteiger partial charge in [-0.15, -0.1) is 0 Å². The fourth-order valence-electron chi connectivity index (χ4n) is 8.45. The summed E-state index contributed by atoms with van der Waals surface area (Å²) in [5.74, 6) is -3.53. The molecule has 0 aromatic heterocycles. The topological polar surface area (TPSA) is 148 Å². The minimum absolute atomic E-state index is 0.0120. The Balaban J connectivity index is 1.65. The fourth-order valence-corrected chi connectivity index (χ4v) is 8.45. The Morgan fingerprint density at radius 3 is 2.32 bits per heavy atom. The number of benzene rings is 1. The Bertz CT molecular complexity index is 1400. The number of likely N-dealkylation sites (N-methyl/N-ethyl adjacent to an activating group) is 2. The number of nitrogens with zero attached hydrogens (tertiary/aromatic N) is 2. The number of ketones is 1. The third-order valence-electron chi connectivity index (χ3n) is 11.6. The minimum atomic E-state index is -1.18. The molecule has 1 aromatic carbocycles. The van der Waals surface area contributed by atoms with E-state index in [0.717, 1.165) is 5.56 Å². The van der Waals surface area contributed by atoms with Gasteiger partial charge < -0.3 is 44.3 Å². The van der Waals surface area contributed by atoms with E-state index in [0.29, 0.717) is 38.9 Å². The van der Waals surface area contributed by atoms with Crippen LogP contribution in [-0.4, -0.2) is 134 Å². The van der Waals surface area contributed by atoms with Crippen LogP contribution in [0.5, 0.6) is 0 Å². The van der Waals surface area contributed by atoms with Crippen molar-refractivity contribution in [3.63, 3.8) is 0 Å². The van der Waals surface area contributed by atoms with E-state index in [-0.39, 0.29) is 29.9 Å². The van der Waals surface area contributed by atoms with Gasteiger partial charge in [0.15, 0.2) is 17.7 Å². The quantitative estimate of drug-likeness (QED) is 0.251. The summed E-state index contributed by atoms with van der Waals surface area (Å²) < 4.78 is 44.8. The van der Waals surface area contributed by atoms with Gasteiger partial charge in [0.25, 0.3) is 0 Å². The summed E-state index contributed by atoms with van der Waals surface area (Å²) in [6.45, 7) is 14.3. The van der Waals surface area contributed by atoms with E-state index >= 15 is 0 Å². The Kier molecular flexibility index (Phi) is 14.5. The van der Waals surface area contributed by atoms with Crippen LogP contribution in [-0.2, 0) is 39.8 Å². The Morgan fingerprint density at radius 2 is 1.72 bits per heavy atom. The number of hydrogen-bond acceptors (Lipinski definition) is 12. The number of amides is 1. The number of hydrogen-bond donors (Lipinski definition) is 3. The highest BCUT2D eigenvalue weighted by Gasteiger charge is 2.55. The summed E-state index contributed by atoms with van der Waals surface area (Å²) in [5, 5.41) is 18.1. The molecule has 0 saturated carbocycles. The molecule has 4 unspecified atom stereocenters. The fraction of sp³-hybridized carbons (Fsp3) is 0.769. The molecular weight excluding hydrogens is 687 g/mol. The first-order chi connectivity index (χ1) is 24.8. The van der Waals surface area contributed by atoms with Crippen LogP contribution in [0.25, 0.3) is 0 Å². The molecule has 53 heavy (non-hydrogen) atoms. The monoisotopic (exact) mass is 750 g/mol. The highest BCUT2D eigenvalue weighted by atomic mass is 19.1. The second kappa shape index (κ2) is 17.8. The smallest absolute Gasteiger partial charge is 0.408 e. The number of cyclic esters (lactones) is 1. The molecule has 14 heteroatoms. The zero-order valence-corrected chi connectivity index (χ0v) is 33.4. The van der Waals surface area contributed by atoms with Gasteiger partial charge in [0, 0.05) is 38.2 Å². The molecule has 1 amide bonds. The summed E-state index contributed by atoms with van der Waals surface area (Å²) in [7, 11) is 7.30. The number of aliphatic hydroxyl groups excluding tert-OH is 1. The van der Waals surface area contributed by atoms with Crippen molar-refractivity contribution in [2.75, 3.05) is 41.3 Å². The van der Waals surface area contributed by atoms with Crippen LogP contribution in [0.3, 0.4) is 0 Å². The predicted octanol–water partition coefficient (Wildman–Crippen LogP) is 3.50. The Morgan fingerprint density at radius 1 is 1.06 bits per heavy atom. The summed E-state index contributed by atoms with van der Waals surface area (Å²) in [4.78, 5) is 44.6. The number of rotatable bonds is 9. The van der Waals surface area contributed by atoms with Crippen LogP contribution < -0.4 is 10.6 Å². The van der Waals surface area contributed by atoms with Crippen molar-refractivity contribution in [1.29, 1.82) is 0 Å². The number of nitrogens with one attached hydrogen (secondary N) is 2. The van der Waals surface area contributed by atoms with Crippen molar-refractivity contribution in [3.05, 3.63) is 35.6 Å². The van der Waals surface area contributed by atoms with E-state index in [1.165, 1.54) is 19.1 Å². The van der Waals surface area contributed by atoms with Crippen molar-refractivity contribution in [2.24, 2.45) is 17.8 Å². The maximum Gasteiger partial charge on any atom is 0.408 e. The first-order valence-electron chi connectivity index (χ1n) is 18.9. The SMILES string of the molecule is CC[C@H]1OC(=O)C(C)C(=O)[C@H](C)[C@@H](O[C@@H]2OC(CN(C)Cc3ccc(F)cc3)CC(N(C)C)C2O)[C@](C)(OC)C[C@@H](C)CN[C@H](C)[C@H]2NC(=O)O[C@@]21C. The maximum absolute atomic E-state index is 14.3. The van der Waals surface area contributed by atoms with E-state index in [1.54, 1.807) is 33.1 Å². The number of ether oxygens (including phenoxy) is 5. The molecule has 3 aliphatic rings. The summed E-state index contributed by atoms with van der Waals surface area (Å²) in [5.41, 5.74) is -1.30. The van der Waals surface area contributed by atoms with Crippen LogP contribution in [0.1, 0.15) is 73.3 Å². The lowest BCUT2D eigenvalue weighted by Crippen LogP contribution is -2.60. The van der Waals surface area contributed by atoms with Gasteiger partial charge in [0.1, 0.15) is 23.9 Å². The summed E-state index contributed by atoms with van der Waals surface area (Å²) >= 11 is 0. The van der Waals surface area contributed by atoms with Gasteiger partial charge in [-0.2, -0.15) is 0 Å². The number of esters is 1. The van der Waals surface area contributed by atoms with Crippen molar-refractivity contribution in [2.45, 2.75) is 134 Å². The molecule has 0 bridgehead atoms. The number of halogens is 1. The highest BCUT2D eigenvalue weighted by Crippen LogP contribution is 2.38. The lowest BCUT2D eigenvalue weighted by Gasteiger charge is -2.47. The first kappa shape index (κ1) is 43.0. The molecule has 3 fully saturated rings. The Labute approximate surface area is 314 Å². The van der Waals surface area contributed by atoms with E-state index < -0.39 is 71.5 Å². The second-order valence-corrected chi connectivity index (χ2v) is 16.2. The minimum Gasteiger partial charge on any atom is -0.458 e. The Hall–Kier alpha value is -2.72. The van der Waals surface area contributed by atoms with Gasteiger partial charge in [0.2, 0.25) is 0 Å². The van der Waals surface area contributed by atoms with Crippen LogP contribution in [0, 0.1) is 23.6 Å². The van der Waals surface area contributed by atoms with Crippen molar-refractivity contribution < 1.29 is 47.6 Å². The lowest BCUT2D eigenvalue weighted by molar-refractivity contribution is -0.298. The van der Waals surface area contributed by atoms with Gasteiger partial charge in [0.05, 0.1) is 23.9 Å². The third kappa shape index (κ3) is 9.94. The van der Waals surface area contributed by atoms with Crippen LogP contribution in [0.2, 0.25) is 0 Å². The molecule has 300 valence electrons. The van der Waals surface area contributed by atoms with Crippen LogP contribution in [0.4, 0.5) is 9.18 Å². The van der Waals surface area contributed by atoms with Crippen LogP contribution >= 0.6 is 0 Å². The zero-order valence-electron chi connectivity index (χ0n) is 33.4. The molecule has 4 rings (SSSR count). The first-order valence-corrected chi connectivity index (χ1v) is 18.9. The van der Waals surface area contributed by atoms with Crippen molar-refractivity contribution in [3.8, 4) is 0 Å².